The third kappa shape index (κ3) is 5.03. The van der Waals surface area contributed by atoms with E-state index in [9.17, 15) is 9.59 Å². The summed E-state index contributed by atoms with van der Waals surface area (Å²) in [6, 6.07) is 31.1. The third-order valence-corrected chi connectivity index (χ3v) is 5.59. The lowest BCUT2D eigenvalue weighted by Gasteiger charge is -2.16. The van der Waals surface area contributed by atoms with Crippen LogP contribution in [-0.4, -0.2) is 11.8 Å². The van der Waals surface area contributed by atoms with Gasteiger partial charge in [-0.3, -0.25) is 9.59 Å². The number of aryl methyl sites for hydroxylation is 1. The molecule has 0 unspecified atom stereocenters. The fourth-order valence-electron chi connectivity index (χ4n) is 3.86. The van der Waals surface area contributed by atoms with Crippen molar-refractivity contribution in [1.82, 2.24) is 5.32 Å². The molecule has 2 amide bonds. The lowest BCUT2D eigenvalue weighted by atomic mass is 10.0. The van der Waals surface area contributed by atoms with Crippen LogP contribution in [0.5, 0.6) is 0 Å². The molecule has 0 heterocycles. The fraction of sp³-hybridized carbons (Fsp3) is 0.143. The van der Waals surface area contributed by atoms with E-state index in [1.807, 2.05) is 61.5 Å². The van der Waals surface area contributed by atoms with Crippen LogP contribution in [0.2, 0.25) is 0 Å². The molecule has 0 bridgehead atoms. The van der Waals surface area contributed by atoms with Gasteiger partial charge in [0.05, 0.1) is 17.3 Å². The van der Waals surface area contributed by atoms with Gasteiger partial charge in [0.2, 0.25) is 5.91 Å². The second kappa shape index (κ2) is 9.92. The summed E-state index contributed by atoms with van der Waals surface area (Å²) in [4.78, 5) is 25.6. The van der Waals surface area contributed by atoms with Crippen LogP contribution in [0.3, 0.4) is 0 Å². The Labute approximate surface area is 188 Å². The number of amides is 2. The maximum atomic E-state index is 12.9. The Kier molecular flexibility index (Phi) is 6.61. The zero-order valence-electron chi connectivity index (χ0n) is 18.0. The first kappa shape index (κ1) is 21.3. The van der Waals surface area contributed by atoms with Gasteiger partial charge in [-0.05, 0) is 47.4 Å². The number of benzene rings is 4. The molecule has 0 aliphatic heterocycles. The molecular formula is C28H26N2O2. The minimum atomic E-state index is -0.216. The smallest absolute Gasteiger partial charge is 0.253 e. The molecule has 0 fully saturated rings. The molecule has 4 aromatic carbocycles. The van der Waals surface area contributed by atoms with Gasteiger partial charge < -0.3 is 10.6 Å². The average Bonchev–Trinajstić information content (AvgIpc) is 2.83. The maximum Gasteiger partial charge on any atom is 0.253 e. The lowest BCUT2D eigenvalue weighted by molar-refractivity contribution is -0.116. The largest absolute Gasteiger partial charge is 0.345 e. The Morgan fingerprint density at radius 1 is 0.781 bits per heavy atom. The molecule has 4 heteroatoms. The van der Waals surface area contributed by atoms with Crippen LogP contribution in [0.25, 0.3) is 10.8 Å². The molecule has 0 spiro atoms. The molecule has 4 nitrogen and oxygen atoms in total. The number of carbonyl (C=O) groups is 2. The van der Waals surface area contributed by atoms with Crippen LogP contribution in [0.15, 0.2) is 97.1 Å². The maximum absolute atomic E-state index is 12.9. The predicted octanol–water partition coefficient (Wildman–Crippen LogP) is 5.90. The Morgan fingerprint density at radius 2 is 1.47 bits per heavy atom. The molecule has 0 saturated heterocycles. The topological polar surface area (TPSA) is 58.2 Å². The minimum Gasteiger partial charge on any atom is -0.345 e. The van der Waals surface area contributed by atoms with Gasteiger partial charge in [-0.1, -0.05) is 84.9 Å². The summed E-state index contributed by atoms with van der Waals surface area (Å²) in [7, 11) is 0. The van der Waals surface area contributed by atoms with Crippen molar-refractivity contribution < 1.29 is 9.59 Å². The molecule has 0 aromatic heterocycles. The number of para-hydroxylation sites is 1. The van der Waals surface area contributed by atoms with Crippen LogP contribution in [0.1, 0.15) is 40.9 Å². The highest BCUT2D eigenvalue weighted by molar-refractivity contribution is 6.04. The van der Waals surface area contributed by atoms with E-state index in [0.717, 1.165) is 16.5 Å². The Morgan fingerprint density at radius 3 is 2.31 bits per heavy atom. The molecule has 2 N–H and O–H groups in total. The second-order valence-corrected chi connectivity index (χ2v) is 7.84. The predicted molar refractivity (Wildman–Crippen MR) is 130 cm³/mol. The summed E-state index contributed by atoms with van der Waals surface area (Å²) in [6.45, 7) is 1.94. The van der Waals surface area contributed by atoms with E-state index in [1.165, 1.54) is 5.39 Å². The van der Waals surface area contributed by atoms with Crippen LogP contribution in [-0.2, 0) is 11.2 Å². The van der Waals surface area contributed by atoms with Gasteiger partial charge in [0, 0.05) is 6.42 Å². The Hall–Kier alpha value is -3.92. The highest BCUT2D eigenvalue weighted by atomic mass is 16.2. The van der Waals surface area contributed by atoms with E-state index < -0.39 is 0 Å². The summed E-state index contributed by atoms with van der Waals surface area (Å²) in [5, 5.41) is 8.27. The summed E-state index contributed by atoms with van der Waals surface area (Å²) in [5.41, 5.74) is 3.14. The van der Waals surface area contributed by atoms with Crippen LogP contribution in [0, 0.1) is 0 Å². The van der Waals surface area contributed by atoms with E-state index in [2.05, 4.69) is 34.9 Å². The van der Waals surface area contributed by atoms with Crippen molar-refractivity contribution in [1.29, 1.82) is 0 Å². The number of hydrogen-bond acceptors (Lipinski definition) is 2. The van der Waals surface area contributed by atoms with E-state index in [4.69, 9.17) is 0 Å². The van der Waals surface area contributed by atoms with Gasteiger partial charge in [0.25, 0.3) is 5.91 Å². The lowest BCUT2D eigenvalue weighted by Crippen LogP contribution is -2.28. The van der Waals surface area contributed by atoms with E-state index in [-0.39, 0.29) is 17.9 Å². The molecule has 0 saturated carbocycles. The molecule has 32 heavy (non-hydrogen) atoms. The first-order valence-corrected chi connectivity index (χ1v) is 10.8. The second-order valence-electron chi connectivity index (χ2n) is 7.84. The molecule has 1 atom stereocenters. The van der Waals surface area contributed by atoms with Crippen LogP contribution < -0.4 is 10.6 Å². The quantitative estimate of drug-likeness (QED) is 0.389. The Bertz CT molecular complexity index is 1230. The summed E-state index contributed by atoms with van der Waals surface area (Å²) in [5.74, 6) is -0.333. The third-order valence-electron chi connectivity index (χ3n) is 5.59. The number of carbonyl (C=O) groups excluding carboxylic acids is 2. The molecule has 160 valence electrons. The monoisotopic (exact) mass is 422 g/mol. The standard InChI is InChI=1S/C28H26N2O2/c1-20(21-10-3-2-4-11-21)29-28(32)25-16-7-8-17-26(25)30-27(31)19-18-23-14-9-13-22-12-5-6-15-24(22)23/h2-17,20H,18-19H2,1H3,(H,29,32)(H,30,31)/t20-/m0/s1. The van der Waals surface area contributed by atoms with Crippen molar-refractivity contribution in [3.05, 3.63) is 114 Å². The van der Waals surface area contributed by atoms with Crippen molar-refractivity contribution in [3.63, 3.8) is 0 Å². The molecule has 0 aliphatic carbocycles. The van der Waals surface area contributed by atoms with Crippen LogP contribution in [0.4, 0.5) is 5.69 Å². The van der Waals surface area contributed by atoms with Crippen molar-refractivity contribution in [2.75, 3.05) is 5.32 Å². The van der Waals surface area contributed by atoms with Gasteiger partial charge >= 0.3 is 0 Å². The normalized spacial score (nSPS) is 11.7. The first-order chi connectivity index (χ1) is 15.6. The van der Waals surface area contributed by atoms with Crippen molar-refractivity contribution in [3.8, 4) is 0 Å². The molecule has 0 radical (unpaired) electrons. The molecule has 4 rings (SSSR count). The number of rotatable bonds is 7. The number of anilines is 1. The molecule has 4 aromatic rings. The minimum absolute atomic E-state index is 0.116. The summed E-state index contributed by atoms with van der Waals surface area (Å²) >= 11 is 0. The van der Waals surface area contributed by atoms with Crippen LogP contribution >= 0.6 is 0 Å². The zero-order valence-corrected chi connectivity index (χ0v) is 18.0. The number of hydrogen-bond donors (Lipinski definition) is 2. The SMILES string of the molecule is C[C@H](NC(=O)c1ccccc1NC(=O)CCc1cccc2ccccc12)c1ccccc1. The van der Waals surface area contributed by atoms with Crippen molar-refractivity contribution in [2.45, 2.75) is 25.8 Å². The van der Waals surface area contributed by atoms with Gasteiger partial charge in [0.15, 0.2) is 0 Å². The van der Waals surface area contributed by atoms with Gasteiger partial charge in [-0.25, -0.2) is 0 Å². The Balaban J connectivity index is 1.42. The van der Waals surface area contributed by atoms with Gasteiger partial charge in [0.1, 0.15) is 0 Å². The van der Waals surface area contributed by atoms with Crippen molar-refractivity contribution in [2.24, 2.45) is 0 Å². The zero-order chi connectivity index (χ0) is 22.3. The van der Waals surface area contributed by atoms with E-state index in [1.54, 1.807) is 18.2 Å². The number of nitrogens with one attached hydrogen (secondary N) is 2. The highest BCUT2D eigenvalue weighted by Gasteiger charge is 2.16. The number of fused-ring (bicyclic) bond motifs is 1. The molecular weight excluding hydrogens is 396 g/mol. The summed E-state index contributed by atoms with van der Waals surface area (Å²) in [6.07, 6.45) is 0.969. The molecule has 0 aliphatic rings. The van der Waals surface area contributed by atoms with Gasteiger partial charge in [-0.15, -0.1) is 0 Å². The van der Waals surface area contributed by atoms with E-state index >= 15 is 0 Å². The van der Waals surface area contributed by atoms with E-state index in [0.29, 0.717) is 24.1 Å². The van der Waals surface area contributed by atoms with Gasteiger partial charge in [-0.2, -0.15) is 0 Å². The summed E-state index contributed by atoms with van der Waals surface area (Å²) < 4.78 is 0. The van der Waals surface area contributed by atoms with Crippen molar-refractivity contribution >= 4 is 28.3 Å². The highest BCUT2D eigenvalue weighted by Crippen LogP contribution is 2.21. The fourth-order valence-corrected chi connectivity index (χ4v) is 3.86. The first-order valence-electron chi connectivity index (χ1n) is 10.8. The average molecular weight is 423 g/mol.